The first-order valence-electron chi connectivity index (χ1n) is 7.06. The Labute approximate surface area is 128 Å². The van der Waals surface area contributed by atoms with Crippen molar-refractivity contribution in [3.8, 4) is 0 Å². The minimum absolute atomic E-state index is 0.0158. The SMILES string of the molecule is CC(=O)N1CCc2ccc(NC(=O)C=Cc3ccoc3)cc21. The molecule has 0 radical (unpaired) electrons. The van der Waals surface area contributed by atoms with Gasteiger partial charge >= 0.3 is 0 Å². The van der Waals surface area contributed by atoms with Gasteiger partial charge in [0.15, 0.2) is 0 Å². The lowest BCUT2D eigenvalue weighted by Crippen LogP contribution is -2.25. The first-order chi connectivity index (χ1) is 10.6. The first kappa shape index (κ1) is 14.1. The fraction of sp³-hybridized carbons (Fsp3) is 0.176. The van der Waals surface area contributed by atoms with Crippen LogP contribution in [-0.2, 0) is 16.0 Å². The molecule has 0 saturated carbocycles. The first-order valence-corrected chi connectivity index (χ1v) is 7.06. The summed E-state index contributed by atoms with van der Waals surface area (Å²) in [5, 5.41) is 2.80. The van der Waals surface area contributed by atoms with E-state index < -0.39 is 0 Å². The van der Waals surface area contributed by atoms with Crippen molar-refractivity contribution in [2.24, 2.45) is 0 Å². The van der Waals surface area contributed by atoms with Crippen LogP contribution in [0.15, 0.2) is 47.3 Å². The monoisotopic (exact) mass is 296 g/mol. The highest BCUT2D eigenvalue weighted by molar-refractivity contribution is 6.03. The molecule has 0 unspecified atom stereocenters. The molecule has 1 aliphatic heterocycles. The molecule has 0 atom stereocenters. The Hall–Kier alpha value is -2.82. The van der Waals surface area contributed by atoms with Gasteiger partial charge in [0.1, 0.15) is 0 Å². The van der Waals surface area contributed by atoms with Gasteiger partial charge in [0, 0.05) is 36.5 Å². The number of hydrogen-bond donors (Lipinski definition) is 1. The summed E-state index contributed by atoms with van der Waals surface area (Å²) in [5.41, 5.74) is 3.51. The van der Waals surface area contributed by atoms with E-state index in [-0.39, 0.29) is 11.8 Å². The van der Waals surface area contributed by atoms with Crippen molar-refractivity contribution >= 4 is 29.3 Å². The van der Waals surface area contributed by atoms with Crippen LogP contribution in [0, 0.1) is 0 Å². The maximum absolute atomic E-state index is 11.9. The number of carbonyl (C=O) groups excluding carboxylic acids is 2. The van der Waals surface area contributed by atoms with Crippen molar-refractivity contribution in [1.82, 2.24) is 0 Å². The summed E-state index contributed by atoms with van der Waals surface area (Å²) in [6.45, 7) is 2.25. The van der Waals surface area contributed by atoms with E-state index >= 15 is 0 Å². The summed E-state index contributed by atoms with van der Waals surface area (Å²) in [6, 6.07) is 7.41. The van der Waals surface area contributed by atoms with Crippen LogP contribution >= 0.6 is 0 Å². The second-order valence-corrected chi connectivity index (χ2v) is 5.14. The molecule has 1 aromatic carbocycles. The molecule has 2 amide bonds. The summed E-state index contributed by atoms with van der Waals surface area (Å²) >= 11 is 0. The molecular formula is C17H16N2O3. The molecule has 0 bridgehead atoms. The Morgan fingerprint density at radius 3 is 2.91 bits per heavy atom. The number of benzene rings is 1. The van der Waals surface area contributed by atoms with Crippen LogP contribution in [0.25, 0.3) is 6.08 Å². The van der Waals surface area contributed by atoms with Gasteiger partial charge in [-0.3, -0.25) is 9.59 Å². The molecule has 0 spiro atoms. The number of furan rings is 1. The number of hydrogen-bond acceptors (Lipinski definition) is 3. The Kier molecular flexibility index (Phi) is 3.78. The van der Waals surface area contributed by atoms with Crippen LogP contribution < -0.4 is 10.2 Å². The zero-order chi connectivity index (χ0) is 15.5. The maximum Gasteiger partial charge on any atom is 0.248 e. The van der Waals surface area contributed by atoms with Crippen molar-refractivity contribution in [1.29, 1.82) is 0 Å². The van der Waals surface area contributed by atoms with Crippen molar-refractivity contribution in [3.63, 3.8) is 0 Å². The van der Waals surface area contributed by atoms with E-state index in [1.807, 2.05) is 18.2 Å². The molecule has 1 N–H and O–H groups in total. The largest absolute Gasteiger partial charge is 0.472 e. The predicted octanol–water partition coefficient (Wildman–Crippen LogP) is 2.84. The zero-order valence-corrected chi connectivity index (χ0v) is 12.2. The number of fused-ring (bicyclic) bond motifs is 1. The lowest BCUT2D eigenvalue weighted by atomic mass is 10.1. The van der Waals surface area contributed by atoms with E-state index in [0.29, 0.717) is 12.2 Å². The molecular weight excluding hydrogens is 280 g/mol. The average Bonchev–Trinajstić information content (AvgIpc) is 3.14. The summed E-state index contributed by atoms with van der Waals surface area (Å²) in [5.74, 6) is -0.212. The van der Waals surface area contributed by atoms with Gasteiger partial charge in [-0.05, 0) is 36.3 Å². The zero-order valence-electron chi connectivity index (χ0n) is 12.2. The number of nitrogens with zero attached hydrogens (tertiary/aromatic N) is 1. The van der Waals surface area contributed by atoms with E-state index in [0.717, 1.165) is 23.2 Å². The molecule has 5 nitrogen and oxygen atoms in total. The number of amides is 2. The van der Waals surface area contributed by atoms with Gasteiger partial charge in [-0.1, -0.05) is 6.07 Å². The predicted molar refractivity (Wildman–Crippen MR) is 84.5 cm³/mol. The molecule has 2 aromatic rings. The molecule has 5 heteroatoms. The third-order valence-electron chi connectivity index (χ3n) is 3.60. The van der Waals surface area contributed by atoms with Crippen LogP contribution in [0.4, 0.5) is 11.4 Å². The maximum atomic E-state index is 11.9. The highest BCUT2D eigenvalue weighted by atomic mass is 16.3. The van der Waals surface area contributed by atoms with Gasteiger partial charge in [-0.25, -0.2) is 0 Å². The molecule has 0 saturated heterocycles. The average molecular weight is 296 g/mol. The molecule has 3 rings (SSSR count). The number of rotatable bonds is 3. The third-order valence-corrected chi connectivity index (χ3v) is 3.60. The van der Waals surface area contributed by atoms with Crippen LogP contribution in [0.1, 0.15) is 18.1 Å². The van der Waals surface area contributed by atoms with E-state index in [9.17, 15) is 9.59 Å². The Balaban J connectivity index is 1.72. The number of anilines is 2. The van der Waals surface area contributed by atoms with Gasteiger partial charge in [0.2, 0.25) is 11.8 Å². The van der Waals surface area contributed by atoms with E-state index in [1.165, 1.54) is 6.08 Å². The minimum atomic E-state index is -0.228. The Bertz CT molecular complexity index is 732. The molecule has 22 heavy (non-hydrogen) atoms. The van der Waals surface area contributed by atoms with Gasteiger partial charge in [-0.2, -0.15) is 0 Å². The molecule has 0 aliphatic carbocycles. The van der Waals surface area contributed by atoms with Crippen LogP contribution in [0.2, 0.25) is 0 Å². The summed E-state index contributed by atoms with van der Waals surface area (Å²) in [4.78, 5) is 25.2. The molecule has 1 aromatic heterocycles. The van der Waals surface area contributed by atoms with Crippen LogP contribution in [0.3, 0.4) is 0 Å². The van der Waals surface area contributed by atoms with Crippen LogP contribution in [-0.4, -0.2) is 18.4 Å². The standard InChI is InChI=1S/C17H16N2O3/c1-12(20)19-8-6-14-3-4-15(10-16(14)19)18-17(21)5-2-13-7-9-22-11-13/h2-5,7,9-11H,6,8H2,1H3,(H,18,21). The van der Waals surface area contributed by atoms with E-state index in [4.69, 9.17) is 4.42 Å². The van der Waals surface area contributed by atoms with Gasteiger partial charge in [0.05, 0.1) is 12.5 Å². The Morgan fingerprint density at radius 2 is 2.18 bits per heavy atom. The van der Waals surface area contributed by atoms with Crippen molar-refractivity contribution in [3.05, 3.63) is 54.0 Å². The van der Waals surface area contributed by atoms with Crippen molar-refractivity contribution in [2.45, 2.75) is 13.3 Å². The van der Waals surface area contributed by atoms with Gasteiger partial charge < -0.3 is 14.6 Å². The third kappa shape index (κ3) is 2.93. The van der Waals surface area contributed by atoms with Gasteiger partial charge in [0.25, 0.3) is 0 Å². The van der Waals surface area contributed by atoms with Gasteiger partial charge in [-0.15, -0.1) is 0 Å². The Morgan fingerprint density at radius 1 is 1.32 bits per heavy atom. The summed E-state index contributed by atoms with van der Waals surface area (Å²) in [7, 11) is 0. The quantitative estimate of drug-likeness (QED) is 0.886. The number of nitrogens with one attached hydrogen (secondary N) is 1. The van der Waals surface area contributed by atoms with E-state index in [1.54, 1.807) is 36.5 Å². The fourth-order valence-electron chi connectivity index (χ4n) is 2.51. The lowest BCUT2D eigenvalue weighted by molar-refractivity contribution is -0.116. The second kappa shape index (κ2) is 5.89. The van der Waals surface area contributed by atoms with Crippen molar-refractivity contribution in [2.75, 3.05) is 16.8 Å². The fourth-order valence-corrected chi connectivity index (χ4v) is 2.51. The normalized spacial score (nSPS) is 13.4. The van der Waals surface area contributed by atoms with Crippen LogP contribution in [0.5, 0.6) is 0 Å². The molecule has 1 aliphatic rings. The lowest BCUT2D eigenvalue weighted by Gasteiger charge is -2.15. The number of carbonyl (C=O) groups is 2. The summed E-state index contributed by atoms with van der Waals surface area (Å²) < 4.78 is 4.93. The smallest absolute Gasteiger partial charge is 0.248 e. The van der Waals surface area contributed by atoms with E-state index in [2.05, 4.69) is 5.32 Å². The highest BCUT2D eigenvalue weighted by Crippen LogP contribution is 2.30. The molecule has 112 valence electrons. The molecule has 2 heterocycles. The topological polar surface area (TPSA) is 62.6 Å². The second-order valence-electron chi connectivity index (χ2n) is 5.14. The highest BCUT2D eigenvalue weighted by Gasteiger charge is 2.22. The van der Waals surface area contributed by atoms with Crippen molar-refractivity contribution < 1.29 is 14.0 Å². The molecule has 0 fully saturated rings. The summed E-state index contributed by atoms with van der Waals surface area (Å²) in [6.07, 6.45) is 7.08. The minimum Gasteiger partial charge on any atom is -0.472 e.